The van der Waals surface area contributed by atoms with E-state index in [9.17, 15) is 13.2 Å². The Labute approximate surface area is 96.4 Å². The fraction of sp³-hybridized carbons (Fsp3) is 0.455. The molecule has 0 radical (unpaired) electrons. The van der Waals surface area contributed by atoms with E-state index in [1.54, 1.807) is 0 Å². The van der Waals surface area contributed by atoms with E-state index in [2.05, 4.69) is 0 Å². The molecule has 16 heavy (non-hydrogen) atoms. The van der Waals surface area contributed by atoms with Gasteiger partial charge in [-0.15, -0.1) is 0 Å². The molecule has 88 valence electrons. The molecule has 1 aromatic carbocycles. The summed E-state index contributed by atoms with van der Waals surface area (Å²) in [4.78, 5) is 0. The molecule has 0 aliphatic heterocycles. The van der Waals surface area contributed by atoms with Crippen molar-refractivity contribution in [2.24, 2.45) is 5.73 Å². The zero-order valence-corrected chi connectivity index (χ0v) is 9.25. The summed E-state index contributed by atoms with van der Waals surface area (Å²) in [5, 5.41) is -0.783. The Morgan fingerprint density at radius 3 is 2.31 bits per heavy atom. The molecule has 0 amide bonds. The normalized spacial score (nSPS) is 18.3. The van der Waals surface area contributed by atoms with Crippen molar-refractivity contribution in [1.82, 2.24) is 0 Å². The van der Waals surface area contributed by atoms with Crippen LogP contribution in [0.4, 0.5) is 13.2 Å². The van der Waals surface area contributed by atoms with Gasteiger partial charge in [0.2, 0.25) is 0 Å². The first kappa shape index (κ1) is 11.7. The fourth-order valence-electron chi connectivity index (χ4n) is 2.15. The molecule has 0 bridgehead atoms. The molecule has 0 unspecified atom stereocenters. The Morgan fingerprint density at radius 2 is 1.88 bits per heavy atom. The molecule has 1 aliphatic carbocycles. The molecular weight excluding hydrogens is 239 g/mol. The topological polar surface area (TPSA) is 26.0 Å². The van der Waals surface area contributed by atoms with Crippen LogP contribution in [-0.4, -0.2) is 6.54 Å². The lowest BCUT2D eigenvalue weighted by atomic mass is 9.64. The van der Waals surface area contributed by atoms with Gasteiger partial charge in [-0.25, -0.2) is 13.2 Å². The van der Waals surface area contributed by atoms with Gasteiger partial charge < -0.3 is 5.73 Å². The van der Waals surface area contributed by atoms with Gasteiger partial charge in [0.15, 0.2) is 11.6 Å². The summed E-state index contributed by atoms with van der Waals surface area (Å²) in [5.74, 6) is -3.35. The second-order valence-corrected chi connectivity index (χ2v) is 4.56. The molecule has 1 nitrogen and oxygen atoms in total. The third-order valence-corrected chi connectivity index (χ3v) is 3.71. The van der Waals surface area contributed by atoms with Crippen LogP contribution in [0, 0.1) is 17.5 Å². The molecule has 2 rings (SSSR count). The van der Waals surface area contributed by atoms with Crippen LogP contribution in [0.1, 0.15) is 24.8 Å². The fourth-order valence-corrected chi connectivity index (χ4v) is 2.34. The van der Waals surface area contributed by atoms with Crippen LogP contribution in [0.15, 0.2) is 6.07 Å². The van der Waals surface area contributed by atoms with Crippen molar-refractivity contribution < 1.29 is 13.2 Å². The first-order valence-corrected chi connectivity index (χ1v) is 5.43. The number of hydrogen-bond donors (Lipinski definition) is 1. The Balaban J connectivity index is 2.57. The van der Waals surface area contributed by atoms with E-state index in [4.69, 9.17) is 17.3 Å². The minimum Gasteiger partial charge on any atom is -0.330 e. The maximum atomic E-state index is 13.8. The van der Waals surface area contributed by atoms with E-state index in [1.807, 2.05) is 0 Å². The van der Waals surface area contributed by atoms with E-state index >= 15 is 0 Å². The first-order chi connectivity index (χ1) is 7.52. The van der Waals surface area contributed by atoms with Gasteiger partial charge in [0.1, 0.15) is 10.8 Å². The van der Waals surface area contributed by atoms with Crippen molar-refractivity contribution in [3.63, 3.8) is 0 Å². The van der Waals surface area contributed by atoms with E-state index < -0.39 is 27.9 Å². The summed E-state index contributed by atoms with van der Waals surface area (Å²) >= 11 is 5.40. The van der Waals surface area contributed by atoms with Crippen LogP contribution in [0.5, 0.6) is 0 Å². The Morgan fingerprint density at radius 1 is 1.25 bits per heavy atom. The standard InChI is InChI=1S/C11H11ClF3N/c12-8-9(14)6(4-7(13)10(8)15)11(5-16)2-1-3-11/h4H,1-3,5,16H2. The van der Waals surface area contributed by atoms with Crippen molar-refractivity contribution in [3.05, 3.63) is 34.1 Å². The molecule has 2 N–H and O–H groups in total. The monoisotopic (exact) mass is 249 g/mol. The van der Waals surface area contributed by atoms with Gasteiger partial charge in [0, 0.05) is 12.0 Å². The summed E-state index contributed by atoms with van der Waals surface area (Å²) in [7, 11) is 0. The molecule has 0 heterocycles. The van der Waals surface area contributed by atoms with Gasteiger partial charge in [-0.1, -0.05) is 18.0 Å². The smallest absolute Gasteiger partial charge is 0.180 e. The lowest BCUT2D eigenvalue weighted by molar-refractivity contribution is 0.243. The highest BCUT2D eigenvalue weighted by Gasteiger charge is 2.40. The zero-order valence-electron chi connectivity index (χ0n) is 8.49. The molecule has 0 spiro atoms. The van der Waals surface area contributed by atoms with Crippen LogP contribution in [-0.2, 0) is 5.41 Å². The molecule has 0 atom stereocenters. The Kier molecular flexibility index (Phi) is 2.88. The molecule has 0 aromatic heterocycles. The van der Waals surface area contributed by atoms with Gasteiger partial charge in [0.05, 0.1) is 0 Å². The highest BCUT2D eigenvalue weighted by molar-refractivity contribution is 6.31. The average Bonchev–Trinajstić information content (AvgIpc) is 2.21. The number of nitrogens with two attached hydrogens (primary N) is 1. The highest BCUT2D eigenvalue weighted by atomic mass is 35.5. The average molecular weight is 250 g/mol. The summed E-state index contributed by atoms with van der Waals surface area (Å²) in [5.41, 5.74) is 5.12. The zero-order chi connectivity index (χ0) is 11.9. The van der Waals surface area contributed by atoms with Gasteiger partial charge in [-0.05, 0) is 24.5 Å². The lowest BCUT2D eigenvalue weighted by Gasteiger charge is -2.41. The third kappa shape index (κ3) is 1.52. The third-order valence-electron chi connectivity index (χ3n) is 3.38. The number of halogens is 4. The van der Waals surface area contributed by atoms with Crippen molar-refractivity contribution in [2.75, 3.05) is 6.54 Å². The predicted molar refractivity (Wildman–Crippen MR) is 55.9 cm³/mol. The first-order valence-electron chi connectivity index (χ1n) is 5.05. The number of benzene rings is 1. The van der Waals surface area contributed by atoms with Crippen molar-refractivity contribution >= 4 is 11.6 Å². The summed E-state index contributed by atoms with van der Waals surface area (Å²) in [6, 6.07) is 0.878. The molecule has 1 aromatic rings. The van der Waals surface area contributed by atoms with Gasteiger partial charge in [0.25, 0.3) is 0 Å². The van der Waals surface area contributed by atoms with Crippen molar-refractivity contribution in [3.8, 4) is 0 Å². The summed E-state index contributed by atoms with van der Waals surface area (Å²) < 4.78 is 39.9. The Hall–Kier alpha value is -0.740. The molecule has 1 aliphatic rings. The van der Waals surface area contributed by atoms with Crippen LogP contribution in [0.3, 0.4) is 0 Å². The molecule has 1 fully saturated rings. The largest absolute Gasteiger partial charge is 0.330 e. The number of rotatable bonds is 2. The van der Waals surface area contributed by atoms with Crippen LogP contribution in [0.2, 0.25) is 5.02 Å². The maximum Gasteiger partial charge on any atom is 0.180 e. The summed E-state index contributed by atoms with van der Waals surface area (Å²) in [6.07, 6.45) is 2.27. The van der Waals surface area contributed by atoms with Crippen molar-refractivity contribution in [1.29, 1.82) is 0 Å². The number of hydrogen-bond acceptors (Lipinski definition) is 1. The SMILES string of the molecule is NCC1(c2cc(F)c(F)c(Cl)c2F)CCC1. The second-order valence-electron chi connectivity index (χ2n) is 4.19. The van der Waals surface area contributed by atoms with Gasteiger partial charge in [-0.3, -0.25) is 0 Å². The lowest BCUT2D eigenvalue weighted by Crippen LogP contribution is -2.42. The minimum absolute atomic E-state index is 0.102. The van der Waals surface area contributed by atoms with Crippen LogP contribution in [0.25, 0.3) is 0 Å². The van der Waals surface area contributed by atoms with Gasteiger partial charge >= 0.3 is 0 Å². The minimum atomic E-state index is -1.34. The molecule has 5 heteroatoms. The quantitative estimate of drug-likeness (QED) is 0.632. The van der Waals surface area contributed by atoms with E-state index in [-0.39, 0.29) is 12.1 Å². The van der Waals surface area contributed by atoms with Gasteiger partial charge in [-0.2, -0.15) is 0 Å². The highest BCUT2D eigenvalue weighted by Crippen LogP contribution is 2.45. The second kappa shape index (κ2) is 3.93. The summed E-state index contributed by atoms with van der Waals surface area (Å²) in [6.45, 7) is 0.214. The predicted octanol–water partition coefficient (Wildman–Crippen LogP) is 3.14. The van der Waals surface area contributed by atoms with Crippen molar-refractivity contribution in [2.45, 2.75) is 24.7 Å². The van der Waals surface area contributed by atoms with E-state index in [1.165, 1.54) is 0 Å². The molecule has 0 saturated heterocycles. The van der Waals surface area contributed by atoms with Crippen LogP contribution < -0.4 is 5.73 Å². The van der Waals surface area contributed by atoms with E-state index in [0.717, 1.165) is 12.5 Å². The molecular formula is C11H11ClF3N. The Bertz CT molecular complexity index is 424. The maximum absolute atomic E-state index is 13.8. The van der Waals surface area contributed by atoms with E-state index in [0.29, 0.717) is 12.8 Å². The molecule has 1 saturated carbocycles. The van der Waals surface area contributed by atoms with Crippen LogP contribution >= 0.6 is 11.6 Å².